The highest BCUT2D eigenvalue weighted by molar-refractivity contribution is 6.15. The van der Waals surface area contributed by atoms with Crippen molar-refractivity contribution in [3.05, 3.63) is 114 Å². The number of benzene rings is 4. The summed E-state index contributed by atoms with van der Waals surface area (Å²) in [6.07, 6.45) is 2.05. The molecule has 0 radical (unpaired) electrons. The Hall–Kier alpha value is -4.68. The lowest BCUT2D eigenvalue weighted by Crippen LogP contribution is -2.30. The first-order valence-electron chi connectivity index (χ1n) is 12.1. The molecule has 0 aliphatic carbocycles. The van der Waals surface area contributed by atoms with E-state index < -0.39 is 0 Å². The molecule has 2 aromatic heterocycles. The highest BCUT2D eigenvalue weighted by Gasteiger charge is 2.24. The first kappa shape index (κ1) is 21.8. The Morgan fingerprint density at radius 3 is 2.11 bits per heavy atom. The van der Waals surface area contributed by atoms with Gasteiger partial charge in [-0.3, -0.25) is 0 Å². The number of rotatable bonds is 3. The van der Waals surface area contributed by atoms with Gasteiger partial charge in [0, 0.05) is 28.5 Å². The molecule has 0 fully saturated rings. The molecule has 6 rings (SSSR count). The number of furan rings is 1. The Kier molecular flexibility index (Phi) is 5.16. The van der Waals surface area contributed by atoms with E-state index in [0.717, 1.165) is 66.6 Å². The number of aromatic nitrogens is 1. The van der Waals surface area contributed by atoms with E-state index in [0.29, 0.717) is 5.56 Å². The quantitative estimate of drug-likeness (QED) is 0.249. The molecular weight excluding hydrogens is 440 g/mol. The van der Waals surface area contributed by atoms with E-state index in [4.69, 9.17) is 4.42 Å². The van der Waals surface area contributed by atoms with Crippen molar-refractivity contribution in [1.82, 2.24) is 0 Å². The molecule has 0 spiro atoms. The van der Waals surface area contributed by atoms with Crippen LogP contribution in [0.25, 0.3) is 55.4 Å². The molecule has 0 saturated carbocycles. The van der Waals surface area contributed by atoms with Crippen molar-refractivity contribution < 1.29 is 8.98 Å². The van der Waals surface area contributed by atoms with Gasteiger partial charge in [-0.15, -0.1) is 0 Å². The van der Waals surface area contributed by atoms with Crippen molar-refractivity contribution in [2.24, 2.45) is 7.05 Å². The maximum atomic E-state index is 10.1. The third kappa shape index (κ3) is 3.39. The van der Waals surface area contributed by atoms with Gasteiger partial charge in [-0.25, -0.2) is 4.57 Å². The minimum atomic E-state index is 0.620. The number of nitrogens with zero attached hydrogens (tertiary/aromatic N) is 2. The van der Waals surface area contributed by atoms with E-state index in [1.807, 2.05) is 30.3 Å². The molecule has 0 amide bonds. The fourth-order valence-electron chi connectivity index (χ4n) is 5.25. The van der Waals surface area contributed by atoms with Crippen LogP contribution < -0.4 is 4.57 Å². The zero-order valence-electron chi connectivity index (χ0n) is 20.5. The Balaban J connectivity index is 1.65. The third-order valence-corrected chi connectivity index (χ3v) is 7.03. The maximum absolute atomic E-state index is 10.1. The summed E-state index contributed by atoms with van der Waals surface area (Å²) in [5.74, 6) is 0. The van der Waals surface area contributed by atoms with E-state index in [1.165, 1.54) is 0 Å². The Morgan fingerprint density at radius 2 is 1.39 bits per heavy atom. The largest absolute Gasteiger partial charge is 0.454 e. The van der Waals surface area contributed by atoms with Crippen LogP contribution in [0.4, 0.5) is 0 Å². The molecule has 0 unspecified atom stereocenters. The average Bonchev–Trinajstić information content (AvgIpc) is 3.30. The minimum Gasteiger partial charge on any atom is -0.454 e. The van der Waals surface area contributed by atoms with Crippen molar-refractivity contribution in [3.8, 4) is 39.6 Å². The van der Waals surface area contributed by atoms with Crippen LogP contribution in [0.2, 0.25) is 0 Å². The van der Waals surface area contributed by atoms with E-state index >= 15 is 0 Å². The summed E-state index contributed by atoms with van der Waals surface area (Å²) in [7, 11) is 2.05. The molecule has 4 aromatic carbocycles. The highest BCUT2D eigenvalue weighted by Crippen LogP contribution is 2.43. The average molecular weight is 466 g/mol. The molecule has 0 bridgehead atoms. The standard InChI is InChI=1S/C33H25N2O/c1-21-12-17-27-29-22(2)19-26(20-34)31(25-15-13-24(14-16-25)23-9-5-4-6-10-23)33(29)36-32(27)30(21)28-11-7-8-18-35(28)3/h4-19H,1-3H3/q+1. The summed E-state index contributed by atoms with van der Waals surface area (Å²) in [5, 5.41) is 12.2. The SMILES string of the molecule is Cc1ccc2c(oc3c(-c4ccc(-c5ccccc5)cc4)c(C#N)cc(C)c32)c1-c1cccc[n+]1C. The van der Waals surface area contributed by atoms with Gasteiger partial charge in [0.15, 0.2) is 6.20 Å². The normalized spacial score (nSPS) is 11.2. The molecule has 3 nitrogen and oxygen atoms in total. The lowest BCUT2D eigenvalue weighted by molar-refractivity contribution is -0.660. The summed E-state index contributed by atoms with van der Waals surface area (Å²) >= 11 is 0. The van der Waals surface area contributed by atoms with Gasteiger partial charge in [0.05, 0.1) is 17.2 Å². The lowest BCUT2D eigenvalue weighted by atomic mass is 9.92. The molecule has 0 aliphatic rings. The van der Waals surface area contributed by atoms with Crippen molar-refractivity contribution in [2.75, 3.05) is 0 Å². The molecule has 36 heavy (non-hydrogen) atoms. The van der Waals surface area contributed by atoms with Gasteiger partial charge in [0.1, 0.15) is 18.2 Å². The summed E-state index contributed by atoms with van der Waals surface area (Å²) < 4.78 is 8.85. The predicted octanol–water partition coefficient (Wildman–Crippen LogP) is 7.90. The van der Waals surface area contributed by atoms with Crippen LogP contribution in [0.1, 0.15) is 16.7 Å². The number of fused-ring (bicyclic) bond motifs is 3. The van der Waals surface area contributed by atoms with Crippen molar-refractivity contribution in [3.63, 3.8) is 0 Å². The van der Waals surface area contributed by atoms with E-state index in [9.17, 15) is 5.26 Å². The van der Waals surface area contributed by atoms with Crippen molar-refractivity contribution >= 4 is 21.9 Å². The van der Waals surface area contributed by atoms with Crippen LogP contribution in [0.5, 0.6) is 0 Å². The number of hydrogen-bond donors (Lipinski definition) is 0. The van der Waals surface area contributed by atoms with Gasteiger partial charge >= 0.3 is 0 Å². The summed E-state index contributed by atoms with van der Waals surface area (Å²) in [6.45, 7) is 4.17. The molecule has 3 heteroatoms. The van der Waals surface area contributed by atoms with Crippen LogP contribution >= 0.6 is 0 Å². The Labute approximate surface area is 210 Å². The van der Waals surface area contributed by atoms with Crippen molar-refractivity contribution in [1.29, 1.82) is 5.26 Å². The molecular formula is C33H25N2O+. The Bertz CT molecular complexity index is 1800. The maximum Gasteiger partial charge on any atom is 0.216 e. The predicted molar refractivity (Wildman–Crippen MR) is 145 cm³/mol. The first-order valence-corrected chi connectivity index (χ1v) is 12.1. The summed E-state index contributed by atoms with van der Waals surface area (Å²) in [5.41, 5.74) is 10.7. The number of hydrogen-bond acceptors (Lipinski definition) is 2. The topological polar surface area (TPSA) is 40.8 Å². The molecule has 6 aromatic rings. The van der Waals surface area contributed by atoms with E-state index in [1.54, 1.807) is 0 Å². The zero-order chi connectivity index (χ0) is 24.8. The van der Waals surface area contributed by atoms with Gasteiger partial charge in [-0.1, -0.05) is 66.7 Å². The van der Waals surface area contributed by atoms with Gasteiger partial charge in [0.25, 0.3) is 0 Å². The van der Waals surface area contributed by atoms with Crippen molar-refractivity contribution in [2.45, 2.75) is 13.8 Å². The van der Waals surface area contributed by atoms with Crippen LogP contribution in [0.15, 0.2) is 102 Å². The molecule has 0 atom stereocenters. The molecule has 0 N–H and O–H groups in total. The van der Waals surface area contributed by atoms with Crippen LogP contribution in [-0.4, -0.2) is 0 Å². The van der Waals surface area contributed by atoms with Gasteiger partial charge < -0.3 is 4.42 Å². The smallest absolute Gasteiger partial charge is 0.216 e. The number of aryl methyl sites for hydroxylation is 3. The van der Waals surface area contributed by atoms with E-state index in [2.05, 4.69) is 98.4 Å². The van der Waals surface area contributed by atoms with Crippen LogP contribution in [-0.2, 0) is 7.05 Å². The summed E-state index contributed by atoms with van der Waals surface area (Å²) in [4.78, 5) is 0. The van der Waals surface area contributed by atoms with Gasteiger partial charge in [-0.05, 0) is 53.8 Å². The monoisotopic (exact) mass is 465 g/mol. The van der Waals surface area contributed by atoms with Crippen LogP contribution in [0, 0.1) is 25.2 Å². The van der Waals surface area contributed by atoms with Gasteiger partial charge in [-0.2, -0.15) is 5.26 Å². The summed E-state index contributed by atoms with van der Waals surface area (Å²) in [6, 6.07) is 33.6. The molecule has 0 saturated heterocycles. The first-order chi connectivity index (χ1) is 17.6. The zero-order valence-corrected chi connectivity index (χ0v) is 20.5. The fourth-order valence-corrected chi connectivity index (χ4v) is 5.25. The highest BCUT2D eigenvalue weighted by atomic mass is 16.3. The second kappa shape index (κ2) is 8.52. The molecule has 2 heterocycles. The number of pyridine rings is 1. The minimum absolute atomic E-state index is 0.620. The molecule has 0 aliphatic heterocycles. The third-order valence-electron chi connectivity index (χ3n) is 7.03. The fraction of sp³-hybridized carbons (Fsp3) is 0.0909. The Morgan fingerprint density at radius 1 is 0.694 bits per heavy atom. The molecule has 172 valence electrons. The van der Waals surface area contributed by atoms with Gasteiger partial charge in [0.2, 0.25) is 5.69 Å². The van der Waals surface area contributed by atoms with E-state index in [-0.39, 0.29) is 0 Å². The lowest BCUT2D eigenvalue weighted by Gasteiger charge is -2.09. The second-order valence-electron chi connectivity index (χ2n) is 9.31. The van der Waals surface area contributed by atoms with Crippen LogP contribution in [0.3, 0.4) is 0 Å². The number of nitriles is 1. The second-order valence-corrected chi connectivity index (χ2v) is 9.31.